The highest BCUT2D eigenvalue weighted by Crippen LogP contribution is 2.29. The Bertz CT molecular complexity index is 428. The van der Waals surface area contributed by atoms with Crippen molar-refractivity contribution >= 4 is 11.5 Å². The Morgan fingerprint density at radius 2 is 2.17 bits per heavy atom. The molecule has 0 bridgehead atoms. The van der Waals surface area contributed by atoms with Gasteiger partial charge in [0.25, 0.3) is 0 Å². The normalized spacial score (nSPS) is 14.3. The molecule has 102 valence electrons. The summed E-state index contributed by atoms with van der Waals surface area (Å²) in [4.78, 5) is 10.6. The largest absolute Gasteiger partial charge is 0.393 e. The fourth-order valence-corrected chi connectivity index (χ4v) is 1.97. The van der Waals surface area contributed by atoms with E-state index in [-0.39, 0.29) is 11.7 Å². The van der Waals surface area contributed by atoms with Crippen LogP contribution in [0.3, 0.4) is 0 Å². The van der Waals surface area contributed by atoms with E-state index >= 15 is 0 Å². The van der Waals surface area contributed by atoms with Gasteiger partial charge in [0.15, 0.2) is 0 Å². The summed E-state index contributed by atoms with van der Waals surface area (Å²) in [6.45, 7) is 7.61. The number of hydrogen-bond donors (Lipinski definition) is 2. The molecule has 0 aromatic carbocycles. The van der Waals surface area contributed by atoms with Gasteiger partial charge in [-0.3, -0.25) is 10.1 Å². The Balaban J connectivity index is 3.02. The minimum Gasteiger partial charge on any atom is -0.393 e. The molecule has 1 aromatic heterocycles. The van der Waals surface area contributed by atoms with Crippen molar-refractivity contribution in [2.45, 2.75) is 52.8 Å². The van der Waals surface area contributed by atoms with E-state index in [2.05, 4.69) is 10.4 Å². The van der Waals surface area contributed by atoms with Crippen LogP contribution in [0.1, 0.15) is 32.9 Å². The van der Waals surface area contributed by atoms with Gasteiger partial charge in [-0.2, -0.15) is 5.10 Å². The Morgan fingerprint density at radius 1 is 1.56 bits per heavy atom. The van der Waals surface area contributed by atoms with Crippen molar-refractivity contribution in [1.29, 1.82) is 0 Å². The zero-order chi connectivity index (χ0) is 13.9. The summed E-state index contributed by atoms with van der Waals surface area (Å²) in [7, 11) is 0. The third-order valence-corrected chi connectivity index (χ3v) is 2.66. The van der Waals surface area contributed by atoms with Gasteiger partial charge < -0.3 is 10.4 Å². The molecule has 0 saturated heterocycles. The van der Waals surface area contributed by atoms with Gasteiger partial charge in [-0.1, -0.05) is 0 Å². The molecule has 0 fully saturated rings. The van der Waals surface area contributed by atoms with Gasteiger partial charge in [-0.15, -0.1) is 0 Å². The van der Waals surface area contributed by atoms with Crippen LogP contribution in [0.5, 0.6) is 0 Å². The number of hydrogen-bond acceptors (Lipinski definition) is 5. The minimum atomic E-state index is -0.453. The van der Waals surface area contributed by atoms with Gasteiger partial charge in [0.1, 0.15) is 5.69 Å². The van der Waals surface area contributed by atoms with Crippen LogP contribution in [-0.2, 0) is 6.54 Å². The van der Waals surface area contributed by atoms with Gasteiger partial charge in [0.05, 0.1) is 11.0 Å². The summed E-state index contributed by atoms with van der Waals surface area (Å²) < 4.78 is 1.58. The topological polar surface area (TPSA) is 93.2 Å². The zero-order valence-electron chi connectivity index (χ0n) is 11.2. The molecule has 0 spiro atoms. The van der Waals surface area contributed by atoms with Gasteiger partial charge in [0, 0.05) is 12.6 Å². The maximum Gasteiger partial charge on any atom is 0.333 e. The summed E-state index contributed by atoms with van der Waals surface area (Å²) in [5.74, 6) is 0.410. The molecule has 1 aromatic rings. The molecule has 2 unspecified atom stereocenters. The lowest BCUT2D eigenvalue weighted by atomic mass is 10.1. The molecule has 0 saturated carbocycles. The second kappa shape index (κ2) is 5.81. The highest BCUT2D eigenvalue weighted by Gasteiger charge is 2.25. The van der Waals surface area contributed by atoms with Crippen molar-refractivity contribution < 1.29 is 10.0 Å². The first-order chi connectivity index (χ1) is 8.36. The number of nitro groups is 1. The lowest BCUT2D eigenvalue weighted by molar-refractivity contribution is -0.384. The van der Waals surface area contributed by atoms with Crippen LogP contribution in [0.15, 0.2) is 0 Å². The van der Waals surface area contributed by atoms with Crippen LogP contribution in [0.2, 0.25) is 0 Å². The first kappa shape index (κ1) is 14.4. The third kappa shape index (κ3) is 3.19. The molecule has 1 rings (SSSR count). The Labute approximate surface area is 106 Å². The van der Waals surface area contributed by atoms with E-state index in [4.69, 9.17) is 0 Å². The molecule has 0 aliphatic carbocycles. The average molecular weight is 256 g/mol. The van der Waals surface area contributed by atoms with E-state index in [1.165, 1.54) is 0 Å². The minimum absolute atomic E-state index is 0.00860. The Kier molecular flexibility index (Phi) is 4.66. The maximum absolute atomic E-state index is 11.0. The average Bonchev–Trinajstić information content (AvgIpc) is 2.53. The first-order valence-corrected chi connectivity index (χ1v) is 6.03. The molecule has 2 atom stereocenters. The van der Waals surface area contributed by atoms with E-state index in [1.807, 2.05) is 13.8 Å². The van der Waals surface area contributed by atoms with Gasteiger partial charge >= 0.3 is 5.69 Å². The van der Waals surface area contributed by atoms with Crippen molar-refractivity contribution in [3.63, 3.8) is 0 Å². The van der Waals surface area contributed by atoms with E-state index in [1.54, 1.807) is 18.5 Å². The van der Waals surface area contributed by atoms with Crippen molar-refractivity contribution in [2.24, 2.45) is 0 Å². The van der Waals surface area contributed by atoms with E-state index in [9.17, 15) is 15.2 Å². The van der Waals surface area contributed by atoms with Crippen LogP contribution in [-0.4, -0.2) is 32.0 Å². The van der Waals surface area contributed by atoms with Crippen molar-refractivity contribution in [2.75, 3.05) is 5.32 Å². The number of anilines is 1. The van der Waals surface area contributed by atoms with E-state index in [0.29, 0.717) is 24.5 Å². The highest BCUT2D eigenvalue weighted by atomic mass is 16.6. The fourth-order valence-electron chi connectivity index (χ4n) is 1.97. The Morgan fingerprint density at radius 3 is 2.61 bits per heavy atom. The molecular formula is C11H20N4O3. The smallest absolute Gasteiger partial charge is 0.333 e. The standard InChI is InChI=1S/C11H20N4O3/c1-5-14-11(12-7(2)6-8(3)16)10(15(17)18)9(4)13-14/h7-8,12,16H,5-6H2,1-4H3. The number of nitrogens with one attached hydrogen (secondary N) is 1. The summed E-state index contributed by atoms with van der Waals surface area (Å²) >= 11 is 0. The van der Waals surface area contributed by atoms with Crippen molar-refractivity contribution in [3.8, 4) is 0 Å². The van der Waals surface area contributed by atoms with Gasteiger partial charge in [-0.05, 0) is 34.1 Å². The molecular weight excluding hydrogens is 236 g/mol. The molecule has 18 heavy (non-hydrogen) atoms. The number of rotatable bonds is 6. The monoisotopic (exact) mass is 256 g/mol. The molecule has 7 nitrogen and oxygen atoms in total. The van der Waals surface area contributed by atoms with Crippen molar-refractivity contribution in [3.05, 3.63) is 15.8 Å². The van der Waals surface area contributed by atoms with Crippen LogP contribution >= 0.6 is 0 Å². The number of aromatic nitrogens is 2. The molecule has 0 amide bonds. The second-order valence-electron chi connectivity index (χ2n) is 4.49. The van der Waals surface area contributed by atoms with Crippen LogP contribution in [0, 0.1) is 17.0 Å². The molecule has 0 aliphatic heterocycles. The molecule has 1 heterocycles. The number of aryl methyl sites for hydroxylation is 2. The van der Waals surface area contributed by atoms with E-state index in [0.717, 1.165) is 0 Å². The first-order valence-electron chi connectivity index (χ1n) is 6.03. The van der Waals surface area contributed by atoms with Crippen LogP contribution in [0.25, 0.3) is 0 Å². The summed E-state index contributed by atoms with van der Waals surface area (Å²) in [5.41, 5.74) is 0.405. The number of nitrogens with zero attached hydrogens (tertiary/aromatic N) is 3. The highest BCUT2D eigenvalue weighted by molar-refractivity contribution is 5.59. The van der Waals surface area contributed by atoms with Crippen molar-refractivity contribution in [1.82, 2.24) is 9.78 Å². The van der Waals surface area contributed by atoms with Crippen LogP contribution < -0.4 is 5.32 Å². The lowest BCUT2D eigenvalue weighted by Gasteiger charge is -2.16. The lowest BCUT2D eigenvalue weighted by Crippen LogP contribution is -2.23. The summed E-state index contributed by atoms with van der Waals surface area (Å²) in [6, 6.07) is -0.0647. The molecule has 7 heteroatoms. The zero-order valence-corrected chi connectivity index (χ0v) is 11.2. The van der Waals surface area contributed by atoms with Crippen LogP contribution in [0.4, 0.5) is 11.5 Å². The molecule has 0 aliphatic rings. The van der Waals surface area contributed by atoms with Gasteiger partial charge in [0.2, 0.25) is 5.82 Å². The summed E-state index contributed by atoms with van der Waals surface area (Å²) in [6.07, 6.45) is 0.0658. The van der Waals surface area contributed by atoms with E-state index < -0.39 is 11.0 Å². The SMILES string of the molecule is CCn1nc(C)c([N+](=O)[O-])c1NC(C)CC(C)O. The quantitative estimate of drug-likeness (QED) is 0.596. The fraction of sp³-hybridized carbons (Fsp3) is 0.727. The third-order valence-electron chi connectivity index (χ3n) is 2.66. The molecule has 0 radical (unpaired) electrons. The summed E-state index contributed by atoms with van der Waals surface area (Å²) in [5, 5.41) is 27.5. The number of aliphatic hydroxyl groups is 1. The van der Waals surface area contributed by atoms with Gasteiger partial charge in [-0.25, -0.2) is 4.68 Å². The predicted octanol–water partition coefficient (Wildman–Crippen LogP) is 1.69. The maximum atomic E-state index is 11.0. The number of aliphatic hydroxyl groups excluding tert-OH is 1. The predicted molar refractivity (Wildman–Crippen MR) is 68.7 cm³/mol. The second-order valence-corrected chi connectivity index (χ2v) is 4.49. The molecule has 2 N–H and O–H groups in total. The Hall–Kier alpha value is -1.63.